The molecule has 1 aromatic carbocycles. The second-order valence-electron chi connectivity index (χ2n) is 6.29. The van der Waals surface area contributed by atoms with Gasteiger partial charge in [0.05, 0.1) is 11.2 Å². The smallest absolute Gasteiger partial charge is 0.475 e. The van der Waals surface area contributed by atoms with Crippen molar-refractivity contribution in [1.29, 1.82) is 0 Å². The van der Waals surface area contributed by atoms with E-state index < -0.39 is 12.1 Å². The Labute approximate surface area is 179 Å². The number of carboxylic acid groups (broad SMARTS) is 1. The van der Waals surface area contributed by atoms with E-state index in [0.717, 1.165) is 27.6 Å². The average Bonchev–Trinajstić information content (AvgIpc) is 3.17. The number of aromatic nitrogens is 4. The summed E-state index contributed by atoms with van der Waals surface area (Å²) in [6.45, 7) is 0. The number of rotatable bonds is 3. The fraction of sp³-hybridized carbons (Fsp3) is 0.100. The Morgan fingerprint density at radius 1 is 1.13 bits per heavy atom. The number of alkyl halides is 3. The molecule has 0 bridgehead atoms. The molecule has 0 radical (unpaired) electrons. The maximum atomic E-state index is 10.6. The second-order valence-corrected chi connectivity index (χ2v) is 6.67. The third kappa shape index (κ3) is 5.48. The molecule has 160 valence electrons. The number of carboxylic acids is 1. The van der Waals surface area contributed by atoms with E-state index >= 15 is 0 Å². The molecule has 0 amide bonds. The van der Waals surface area contributed by atoms with E-state index in [9.17, 15) is 13.2 Å². The summed E-state index contributed by atoms with van der Waals surface area (Å²) < 4.78 is 33.5. The predicted molar refractivity (Wildman–Crippen MR) is 110 cm³/mol. The zero-order chi connectivity index (χ0) is 22.6. The Hall–Kier alpha value is -3.66. The Bertz CT molecular complexity index is 1210. The highest BCUT2D eigenvalue weighted by atomic mass is 35.5. The Balaban J connectivity index is 0.000000339. The summed E-state index contributed by atoms with van der Waals surface area (Å²) in [6.07, 6.45) is 3.99. The molecule has 4 aromatic rings. The summed E-state index contributed by atoms with van der Waals surface area (Å²) in [7, 11) is 1.90. The molecule has 4 rings (SSSR count). The van der Waals surface area contributed by atoms with Crippen LogP contribution in [0.25, 0.3) is 21.9 Å². The quantitative estimate of drug-likeness (QED) is 0.454. The number of carbonyl (C=O) groups is 1. The van der Waals surface area contributed by atoms with Crippen molar-refractivity contribution in [3.05, 3.63) is 66.3 Å². The number of pyridine rings is 2. The Morgan fingerprint density at radius 2 is 1.81 bits per heavy atom. The Kier molecular flexibility index (Phi) is 6.40. The summed E-state index contributed by atoms with van der Waals surface area (Å²) in [5, 5.41) is 17.1. The van der Waals surface area contributed by atoms with Crippen LogP contribution < -0.4 is 5.32 Å². The molecule has 0 aliphatic rings. The predicted octanol–water partition coefficient (Wildman–Crippen LogP) is 5.06. The van der Waals surface area contributed by atoms with Gasteiger partial charge in [-0.1, -0.05) is 23.7 Å². The highest BCUT2D eigenvalue weighted by Gasteiger charge is 2.38. The summed E-state index contributed by atoms with van der Waals surface area (Å²) in [5.74, 6) is -2.13. The standard InChI is InChI=1S/C18H14ClN5.C2HF3O2/c1-24-11-14(10-22-24)12-2-3-13-9-21-18(17(19)16(13)8-12)23-15-4-6-20-7-5-15;3-2(4,5)1(6)7/h2-11H,1H3,(H,20,21,23);(H,6,7). The van der Waals surface area contributed by atoms with Crippen molar-refractivity contribution in [2.75, 3.05) is 5.32 Å². The highest BCUT2D eigenvalue weighted by Crippen LogP contribution is 2.33. The zero-order valence-electron chi connectivity index (χ0n) is 15.9. The third-order valence-electron chi connectivity index (χ3n) is 4.05. The zero-order valence-corrected chi connectivity index (χ0v) is 16.7. The fourth-order valence-corrected chi connectivity index (χ4v) is 2.85. The van der Waals surface area contributed by atoms with Gasteiger partial charge >= 0.3 is 12.1 Å². The van der Waals surface area contributed by atoms with E-state index in [1.807, 2.05) is 49.9 Å². The molecule has 0 atom stereocenters. The largest absolute Gasteiger partial charge is 0.490 e. The maximum absolute atomic E-state index is 10.6. The van der Waals surface area contributed by atoms with Crippen LogP contribution in [0, 0.1) is 0 Å². The number of fused-ring (bicyclic) bond motifs is 1. The summed E-state index contributed by atoms with van der Waals surface area (Å²) in [6, 6.07) is 9.87. The minimum Gasteiger partial charge on any atom is -0.475 e. The van der Waals surface area contributed by atoms with E-state index in [1.165, 1.54) is 0 Å². The van der Waals surface area contributed by atoms with Crippen LogP contribution in [0.15, 0.2) is 61.3 Å². The van der Waals surface area contributed by atoms with Crippen LogP contribution in [0.2, 0.25) is 5.02 Å². The van der Waals surface area contributed by atoms with Gasteiger partial charge in [0.2, 0.25) is 0 Å². The van der Waals surface area contributed by atoms with Gasteiger partial charge in [-0.25, -0.2) is 9.78 Å². The van der Waals surface area contributed by atoms with Gasteiger partial charge < -0.3 is 10.4 Å². The molecule has 0 unspecified atom stereocenters. The molecule has 0 saturated heterocycles. The van der Waals surface area contributed by atoms with Crippen LogP contribution in [0.3, 0.4) is 0 Å². The number of aryl methyl sites for hydroxylation is 1. The maximum Gasteiger partial charge on any atom is 0.490 e. The number of hydrogen-bond donors (Lipinski definition) is 2. The van der Waals surface area contributed by atoms with Crippen LogP contribution >= 0.6 is 11.6 Å². The minimum atomic E-state index is -5.08. The van der Waals surface area contributed by atoms with Crippen molar-refractivity contribution >= 4 is 39.8 Å². The van der Waals surface area contributed by atoms with E-state index in [2.05, 4.69) is 26.4 Å². The fourth-order valence-electron chi connectivity index (χ4n) is 2.59. The van der Waals surface area contributed by atoms with Crippen LogP contribution in [0.5, 0.6) is 0 Å². The summed E-state index contributed by atoms with van der Waals surface area (Å²) in [5.41, 5.74) is 3.01. The molecular weight excluding hydrogens is 435 g/mol. The molecule has 0 spiro atoms. The van der Waals surface area contributed by atoms with Crippen molar-refractivity contribution in [2.45, 2.75) is 6.18 Å². The first-order valence-electron chi connectivity index (χ1n) is 8.69. The lowest BCUT2D eigenvalue weighted by molar-refractivity contribution is -0.192. The van der Waals surface area contributed by atoms with Crippen LogP contribution in [-0.4, -0.2) is 37.0 Å². The number of anilines is 2. The lowest BCUT2D eigenvalue weighted by atomic mass is 10.0. The van der Waals surface area contributed by atoms with Gasteiger partial charge in [0, 0.05) is 53.9 Å². The average molecular weight is 450 g/mol. The van der Waals surface area contributed by atoms with Gasteiger partial charge in [-0.05, 0) is 23.8 Å². The van der Waals surface area contributed by atoms with Crippen LogP contribution in [0.4, 0.5) is 24.7 Å². The molecule has 0 saturated carbocycles. The Morgan fingerprint density at radius 3 is 2.39 bits per heavy atom. The third-order valence-corrected chi connectivity index (χ3v) is 4.44. The number of halogens is 4. The number of nitrogens with zero attached hydrogens (tertiary/aromatic N) is 4. The van der Waals surface area contributed by atoms with Gasteiger partial charge in [0.1, 0.15) is 5.82 Å². The first-order valence-corrected chi connectivity index (χ1v) is 9.07. The van der Waals surface area contributed by atoms with E-state index in [0.29, 0.717) is 10.8 Å². The van der Waals surface area contributed by atoms with Gasteiger partial charge in [-0.2, -0.15) is 18.3 Å². The number of nitrogens with one attached hydrogen (secondary N) is 1. The highest BCUT2D eigenvalue weighted by molar-refractivity contribution is 6.38. The molecule has 7 nitrogen and oxygen atoms in total. The molecule has 0 fully saturated rings. The SMILES string of the molecule is Cn1cc(-c2ccc3cnc(Nc4ccncc4)c(Cl)c3c2)cn1.O=C(O)C(F)(F)F. The van der Waals surface area contributed by atoms with E-state index in [1.54, 1.807) is 17.1 Å². The van der Waals surface area contributed by atoms with Gasteiger partial charge in [0.25, 0.3) is 0 Å². The molecular formula is C20H15ClF3N5O2. The molecule has 3 heterocycles. The van der Waals surface area contributed by atoms with Crippen molar-refractivity contribution in [1.82, 2.24) is 19.7 Å². The molecule has 3 aromatic heterocycles. The molecule has 31 heavy (non-hydrogen) atoms. The van der Waals surface area contributed by atoms with Crippen molar-refractivity contribution in [3.8, 4) is 11.1 Å². The van der Waals surface area contributed by atoms with Crippen LogP contribution in [-0.2, 0) is 11.8 Å². The van der Waals surface area contributed by atoms with E-state index in [4.69, 9.17) is 21.5 Å². The lowest BCUT2D eigenvalue weighted by Crippen LogP contribution is -2.21. The van der Waals surface area contributed by atoms with Crippen molar-refractivity contribution < 1.29 is 23.1 Å². The number of aliphatic carboxylic acids is 1. The normalized spacial score (nSPS) is 11.0. The number of benzene rings is 1. The minimum absolute atomic E-state index is 0.593. The van der Waals surface area contributed by atoms with Gasteiger partial charge in [-0.15, -0.1) is 0 Å². The van der Waals surface area contributed by atoms with E-state index in [-0.39, 0.29) is 0 Å². The van der Waals surface area contributed by atoms with Crippen molar-refractivity contribution in [3.63, 3.8) is 0 Å². The van der Waals surface area contributed by atoms with Crippen molar-refractivity contribution in [2.24, 2.45) is 7.05 Å². The lowest BCUT2D eigenvalue weighted by Gasteiger charge is -2.10. The molecule has 11 heteroatoms. The monoisotopic (exact) mass is 449 g/mol. The van der Waals surface area contributed by atoms with Gasteiger partial charge in [-0.3, -0.25) is 9.67 Å². The summed E-state index contributed by atoms with van der Waals surface area (Å²) in [4.78, 5) is 17.3. The number of hydrogen-bond acceptors (Lipinski definition) is 5. The molecule has 2 N–H and O–H groups in total. The topological polar surface area (TPSA) is 92.9 Å². The van der Waals surface area contributed by atoms with Gasteiger partial charge in [0.15, 0.2) is 0 Å². The molecule has 0 aliphatic heterocycles. The first-order chi connectivity index (χ1) is 14.6. The second kappa shape index (κ2) is 9.00. The first kappa shape index (κ1) is 22.0. The molecule has 0 aliphatic carbocycles. The van der Waals surface area contributed by atoms with Crippen LogP contribution in [0.1, 0.15) is 0 Å². The summed E-state index contributed by atoms with van der Waals surface area (Å²) >= 11 is 6.59.